The van der Waals surface area contributed by atoms with Gasteiger partial charge in [0.05, 0.1) is 34.7 Å². The number of aromatic nitrogens is 3. The third kappa shape index (κ3) is 5.16. The van der Waals surface area contributed by atoms with Gasteiger partial charge in [-0.15, -0.1) is 0 Å². The molecule has 1 saturated heterocycles. The minimum Gasteiger partial charge on any atom is -0.454 e. The molecular weight excluding hydrogens is 470 g/mol. The maximum absolute atomic E-state index is 13.1. The summed E-state index contributed by atoms with van der Waals surface area (Å²) in [5.74, 6) is 0.828. The average molecular weight is 500 g/mol. The van der Waals surface area contributed by atoms with Crippen LogP contribution in [0.4, 0.5) is 5.82 Å². The number of morpholine rings is 1. The summed E-state index contributed by atoms with van der Waals surface area (Å²) < 4.78 is 40.3. The molecule has 35 heavy (non-hydrogen) atoms. The van der Waals surface area contributed by atoms with Gasteiger partial charge in [-0.3, -0.25) is 0 Å². The first-order chi connectivity index (χ1) is 17.0. The summed E-state index contributed by atoms with van der Waals surface area (Å²) in [6.45, 7) is 4.12. The molecule has 11 heteroatoms. The molecule has 1 aromatic carbocycles. The minimum atomic E-state index is -3.63. The summed E-state index contributed by atoms with van der Waals surface area (Å²) in [6, 6.07) is 8.92. The Balaban J connectivity index is 1.34. The van der Waals surface area contributed by atoms with Gasteiger partial charge in [-0.05, 0) is 49.6 Å². The van der Waals surface area contributed by atoms with Crippen molar-refractivity contribution in [1.82, 2.24) is 18.8 Å². The lowest BCUT2D eigenvalue weighted by Gasteiger charge is -2.26. The zero-order valence-electron chi connectivity index (χ0n) is 19.6. The van der Waals surface area contributed by atoms with Crippen LogP contribution in [0.5, 0.6) is 0 Å². The quantitative estimate of drug-likeness (QED) is 0.447. The van der Waals surface area contributed by atoms with E-state index in [4.69, 9.17) is 9.47 Å². The van der Waals surface area contributed by atoms with Gasteiger partial charge >= 0.3 is 5.97 Å². The highest BCUT2D eigenvalue weighted by Gasteiger charge is 2.27. The molecule has 1 N–H and O–H groups in total. The van der Waals surface area contributed by atoms with Gasteiger partial charge in [0.2, 0.25) is 10.0 Å². The van der Waals surface area contributed by atoms with Crippen LogP contribution in [0.15, 0.2) is 41.4 Å². The summed E-state index contributed by atoms with van der Waals surface area (Å²) in [6.07, 6.45) is 4.64. The molecule has 3 heterocycles. The number of pyridine rings is 1. The summed E-state index contributed by atoms with van der Waals surface area (Å²) >= 11 is 0. The molecule has 1 aliphatic carbocycles. The van der Waals surface area contributed by atoms with E-state index in [9.17, 15) is 13.2 Å². The first-order valence-electron chi connectivity index (χ1n) is 11.9. The van der Waals surface area contributed by atoms with Gasteiger partial charge < -0.3 is 19.4 Å². The maximum atomic E-state index is 13.1. The van der Waals surface area contributed by atoms with Crippen LogP contribution in [0.1, 0.15) is 42.4 Å². The van der Waals surface area contributed by atoms with Gasteiger partial charge in [-0.1, -0.05) is 6.92 Å². The molecule has 0 bridgehead atoms. The number of nitrogens with one attached hydrogen (secondary N) is 1. The number of nitrogens with zero attached hydrogens (tertiary/aromatic N) is 4. The van der Waals surface area contributed by atoms with Crippen LogP contribution in [0.25, 0.3) is 11.0 Å². The van der Waals surface area contributed by atoms with Crippen molar-refractivity contribution in [2.24, 2.45) is 0 Å². The number of anilines is 1. The first kappa shape index (κ1) is 23.7. The normalized spacial score (nSPS) is 16.9. The Kier molecular flexibility index (Phi) is 6.72. The van der Waals surface area contributed by atoms with Gasteiger partial charge in [0, 0.05) is 31.9 Å². The maximum Gasteiger partial charge on any atom is 0.340 e. The number of rotatable bonds is 9. The van der Waals surface area contributed by atoms with Gasteiger partial charge in [-0.25, -0.2) is 23.2 Å². The summed E-state index contributed by atoms with van der Waals surface area (Å²) in [5.41, 5.74) is 1.72. The van der Waals surface area contributed by atoms with Crippen LogP contribution in [-0.2, 0) is 32.6 Å². The highest BCUT2D eigenvalue weighted by Crippen LogP contribution is 2.25. The fourth-order valence-corrected chi connectivity index (χ4v) is 5.52. The monoisotopic (exact) mass is 499 g/mol. The lowest BCUT2D eigenvalue weighted by molar-refractivity contribution is 0.0458. The Bertz CT molecular complexity index is 1310. The van der Waals surface area contributed by atoms with E-state index in [1.165, 1.54) is 10.5 Å². The number of aryl methyl sites for hydroxylation is 1. The third-order valence-corrected chi connectivity index (χ3v) is 8.01. The molecule has 5 rings (SSSR count). The number of hydrogen-bond donors (Lipinski definition) is 1. The minimum absolute atomic E-state index is 0.0267. The van der Waals surface area contributed by atoms with E-state index in [2.05, 4.69) is 15.3 Å². The molecule has 2 aromatic heterocycles. The number of ether oxygens (including phenoxy) is 2. The Morgan fingerprint density at radius 2 is 2.00 bits per heavy atom. The van der Waals surface area contributed by atoms with E-state index in [-0.39, 0.29) is 11.5 Å². The number of hydrogen-bond acceptors (Lipinski definition) is 8. The lowest BCUT2D eigenvalue weighted by atomic mass is 10.3. The predicted molar refractivity (Wildman–Crippen MR) is 130 cm³/mol. The van der Waals surface area contributed by atoms with Gasteiger partial charge in [-0.2, -0.15) is 4.31 Å². The average Bonchev–Trinajstić information content (AvgIpc) is 3.63. The molecule has 0 radical (unpaired) electrons. The van der Waals surface area contributed by atoms with E-state index >= 15 is 0 Å². The lowest BCUT2D eigenvalue weighted by Crippen LogP contribution is -2.40. The Morgan fingerprint density at radius 3 is 2.69 bits per heavy atom. The highest BCUT2D eigenvalue weighted by atomic mass is 32.2. The van der Waals surface area contributed by atoms with Crippen molar-refractivity contribution in [2.75, 3.05) is 31.6 Å². The van der Waals surface area contributed by atoms with E-state index in [1.54, 1.807) is 30.3 Å². The van der Waals surface area contributed by atoms with Crippen LogP contribution in [-0.4, -0.2) is 65.6 Å². The number of imidazole rings is 1. The van der Waals surface area contributed by atoms with Crippen molar-refractivity contribution in [3.05, 3.63) is 47.9 Å². The van der Waals surface area contributed by atoms with Crippen LogP contribution in [0.2, 0.25) is 0 Å². The molecule has 3 aromatic rings. The first-order valence-corrected chi connectivity index (χ1v) is 13.4. The molecule has 2 aliphatic rings. The van der Waals surface area contributed by atoms with Crippen molar-refractivity contribution in [2.45, 2.75) is 50.3 Å². The molecule has 186 valence electrons. The van der Waals surface area contributed by atoms with Crippen molar-refractivity contribution in [1.29, 1.82) is 0 Å². The Labute approximate surface area is 204 Å². The highest BCUT2D eigenvalue weighted by molar-refractivity contribution is 7.89. The molecule has 1 aliphatic heterocycles. The summed E-state index contributed by atoms with van der Waals surface area (Å²) in [4.78, 5) is 21.7. The zero-order chi connectivity index (χ0) is 24.4. The van der Waals surface area contributed by atoms with Crippen LogP contribution >= 0.6 is 0 Å². The van der Waals surface area contributed by atoms with Crippen molar-refractivity contribution >= 4 is 32.8 Å². The Hall–Kier alpha value is -3.02. The second kappa shape index (κ2) is 9.92. The molecule has 0 amide bonds. The number of benzene rings is 1. The third-order valence-electron chi connectivity index (χ3n) is 6.11. The number of fused-ring (bicyclic) bond motifs is 1. The zero-order valence-corrected chi connectivity index (χ0v) is 20.5. The van der Waals surface area contributed by atoms with Crippen molar-refractivity contribution < 1.29 is 22.7 Å². The predicted octanol–water partition coefficient (Wildman–Crippen LogP) is 2.79. The standard InChI is InChI=1S/C24H29N5O5S/c1-2-9-29-21-7-6-19(35(31,32)28-10-12-33-13-11-28)14-20(21)27-23(29)16-34-24(30)17-3-8-22(25-15-17)26-18-4-5-18/h3,6-8,14-15,18H,2,4-5,9-13,16H2,1H3,(H,25,26). The fraction of sp³-hybridized carbons (Fsp3) is 0.458. The molecule has 0 spiro atoms. The van der Waals surface area contributed by atoms with Crippen molar-refractivity contribution in [3.8, 4) is 0 Å². The topological polar surface area (TPSA) is 116 Å². The fourth-order valence-electron chi connectivity index (χ4n) is 4.09. The SMILES string of the molecule is CCCn1c(COC(=O)c2ccc(NC3CC3)nc2)nc2cc(S(=O)(=O)N3CCOCC3)ccc21. The summed E-state index contributed by atoms with van der Waals surface area (Å²) in [5, 5.41) is 3.28. The molecule has 0 atom stereocenters. The van der Waals surface area contributed by atoms with Gasteiger partial charge in [0.25, 0.3) is 0 Å². The van der Waals surface area contributed by atoms with Gasteiger partial charge in [0.15, 0.2) is 0 Å². The van der Waals surface area contributed by atoms with Gasteiger partial charge in [0.1, 0.15) is 18.2 Å². The van der Waals surface area contributed by atoms with Crippen molar-refractivity contribution in [3.63, 3.8) is 0 Å². The van der Waals surface area contributed by atoms with E-state index in [0.717, 1.165) is 30.6 Å². The molecule has 1 saturated carbocycles. The second-order valence-electron chi connectivity index (χ2n) is 8.77. The smallest absolute Gasteiger partial charge is 0.340 e. The number of esters is 1. The Morgan fingerprint density at radius 1 is 1.20 bits per heavy atom. The molecule has 2 fully saturated rings. The van der Waals surface area contributed by atoms with E-state index in [0.29, 0.717) is 55.8 Å². The number of carbonyl (C=O) groups excluding carboxylic acids is 1. The van der Waals surface area contributed by atoms with E-state index < -0.39 is 16.0 Å². The number of carbonyl (C=O) groups is 1. The van der Waals surface area contributed by atoms with E-state index in [1.807, 2.05) is 11.5 Å². The number of sulfonamides is 1. The molecular formula is C24H29N5O5S. The molecule has 0 unspecified atom stereocenters. The van der Waals surface area contributed by atoms with Crippen LogP contribution in [0, 0.1) is 0 Å². The van der Waals surface area contributed by atoms with Crippen LogP contribution in [0.3, 0.4) is 0 Å². The second-order valence-corrected chi connectivity index (χ2v) is 10.7. The van der Waals surface area contributed by atoms with Crippen LogP contribution < -0.4 is 5.32 Å². The largest absolute Gasteiger partial charge is 0.454 e. The summed E-state index contributed by atoms with van der Waals surface area (Å²) in [7, 11) is -3.63. The molecule has 10 nitrogen and oxygen atoms in total.